The zero-order chi connectivity index (χ0) is 22.2. The van der Waals surface area contributed by atoms with E-state index in [4.69, 9.17) is 4.74 Å². The molecule has 1 aliphatic rings. The fourth-order valence-corrected chi connectivity index (χ4v) is 4.01. The largest absolute Gasteiger partial charge is 0.453 e. The van der Waals surface area contributed by atoms with E-state index in [0.29, 0.717) is 24.3 Å². The Bertz CT molecular complexity index is 875. The highest BCUT2D eigenvalue weighted by molar-refractivity contribution is 5.94. The maximum Gasteiger partial charge on any atom is 0.411 e. The highest BCUT2D eigenvalue weighted by atomic mass is 16.5. The van der Waals surface area contributed by atoms with Gasteiger partial charge in [0.2, 0.25) is 0 Å². The summed E-state index contributed by atoms with van der Waals surface area (Å²) in [7, 11) is 1.35. The maximum absolute atomic E-state index is 12.7. The third kappa shape index (κ3) is 5.62. The summed E-state index contributed by atoms with van der Waals surface area (Å²) in [5.41, 5.74) is 3.59. The van der Waals surface area contributed by atoms with Crippen LogP contribution in [0.3, 0.4) is 0 Å². The molecule has 0 aliphatic carbocycles. The number of amides is 2. The number of methoxy groups -OCH3 is 1. The number of anilines is 1. The molecule has 3 rings (SSSR count). The van der Waals surface area contributed by atoms with Gasteiger partial charge in [0, 0.05) is 50.5 Å². The van der Waals surface area contributed by atoms with Crippen LogP contribution in [0.1, 0.15) is 41.4 Å². The summed E-state index contributed by atoms with van der Waals surface area (Å²) in [6.45, 7) is 9.06. The van der Waals surface area contributed by atoms with E-state index in [1.165, 1.54) is 7.11 Å². The van der Waals surface area contributed by atoms with Gasteiger partial charge >= 0.3 is 6.09 Å². The van der Waals surface area contributed by atoms with Crippen molar-refractivity contribution in [1.82, 2.24) is 15.1 Å². The van der Waals surface area contributed by atoms with Crippen molar-refractivity contribution >= 4 is 17.7 Å². The number of piperazine rings is 1. The van der Waals surface area contributed by atoms with Crippen molar-refractivity contribution < 1.29 is 14.3 Å². The number of hydrogen-bond donors (Lipinski definition) is 2. The van der Waals surface area contributed by atoms with Crippen molar-refractivity contribution in [2.24, 2.45) is 0 Å². The summed E-state index contributed by atoms with van der Waals surface area (Å²) >= 11 is 0. The van der Waals surface area contributed by atoms with Gasteiger partial charge in [0.05, 0.1) is 13.2 Å². The normalized spacial score (nSPS) is 15.2. The maximum atomic E-state index is 12.7. The van der Waals surface area contributed by atoms with E-state index < -0.39 is 6.09 Å². The third-order valence-electron chi connectivity index (χ3n) is 5.67. The van der Waals surface area contributed by atoms with Gasteiger partial charge in [-0.25, -0.2) is 4.79 Å². The first-order valence-corrected chi connectivity index (χ1v) is 10.9. The van der Waals surface area contributed by atoms with Gasteiger partial charge < -0.3 is 15.0 Å². The number of carbonyl (C=O) groups excluding carboxylic acids is 2. The first-order valence-electron chi connectivity index (χ1n) is 10.9. The second-order valence-corrected chi connectivity index (χ2v) is 7.53. The Hall–Kier alpha value is -2.90. The number of nitrogens with one attached hydrogen (secondary N) is 2. The molecule has 31 heavy (non-hydrogen) atoms. The molecule has 2 aromatic rings. The highest BCUT2D eigenvalue weighted by Gasteiger charge is 2.25. The van der Waals surface area contributed by atoms with Crippen LogP contribution >= 0.6 is 0 Å². The van der Waals surface area contributed by atoms with Crippen LogP contribution in [-0.2, 0) is 4.74 Å². The van der Waals surface area contributed by atoms with Crippen molar-refractivity contribution in [2.75, 3.05) is 51.7 Å². The van der Waals surface area contributed by atoms with Gasteiger partial charge in [0.1, 0.15) is 0 Å². The lowest BCUT2D eigenvalue weighted by molar-refractivity contribution is 0.0773. The van der Waals surface area contributed by atoms with Crippen LogP contribution in [0.2, 0.25) is 0 Å². The van der Waals surface area contributed by atoms with Gasteiger partial charge in [-0.2, -0.15) is 0 Å². The molecular formula is C24H32N4O3. The average Bonchev–Trinajstić information content (AvgIpc) is 2.81. The summed E-state index contributed by atoms with van der Waals surface area (Å²) in [5.74, 6) is 0.0551. The first kappa shape index (κ1) is 22.8. The van der Waals surface area contributed by atoms with Crippen LogP contribution < -0.4 is 10.6 Å². The van der Waals surface area contributed by atoms with E-state index in [2.05, 4.69) is 21.6 Å². The Morgan fingerprint density at radius 1 is 1.06 bits per heavy atom. The monoisotopic (exact) mass is 424 g/mol. The van der Waals surface area contributed by atoms with Crippen molar-refractivity contribution in [2.45, 2.75) is 19.9 Å². The second-order valence-electron chi connectivity index (χ2n) is 7.53. The molecule has 1 saturated heterocycles. The molecule has 1 heterocycles. The summed E-state index contributed by atoms with van der Waals surface area (Å²) in [5, 5.41) is 6.15. The van der Waals surface area contributed by atoms with Gasteiger partial charge in [-0.05, 0) is 49.2 Å². The van der Waals surface area contributed by atoms with E-state index in [1.807, 2.05) is 61.2 Å². The molecule has 0 bridgehead atoms. The molecular weight excluding hydrogens is 392 g/mol. The molecule has 0 radical (unpaired) electrons. The number of rotatable bonds is 7. The fourth-order valence-electron chi connectivity index (χ4n) is 4.01. The molecule has 1 aliphatic heterocycles. The summed E-state index contributed by atoms with van der Waals surface area (Å²) in [6.07, 6.45) is -0.491. The molecule has 7 nitrogen and oxygen atoms in total. The molecule has 2 aromatic carbocycles. The standard InChI is InChI=1S/C24H32N4O3/c1-4-27(5-2)23(29)19-11-9-18(10-12-19)22(28-15-13-25-14-16-28)20-7-6-8-21(17-20)26-24(30)31-3/h6-12,17,22,25H,4-5,13-16H2,1-3H3,(H,26,30). The Kier molecular flexibility index (Phi) is 8.03. The topological polar surface area (TPSA) is 73.9 Å². The summed E-state index contributed by atoms with van der Waals surface area (Å²) in [4.78, 5) is 28.6. The number of benzene rings is 2. The first-order chi connectivity index (χ1) is 15.1. The van der Waals surface area contributed by atoms with E-state index in [9.17, 15) is 9.59 Å². The predicted molar refractivity (Wildman–Crippen MR) is 122 cm³/mol. The number of carbonyl (C=O) groups is 2. The number of nitrogens with zero attached hydrogens (tertiary/aromatic N) is 2. The van der Waals surface area contributed by atoms with E-state index in [-0.39, 0.29) is 11.9 Å². The van der Waals surface area contributed by atoms with E-state index in [0.717, 1.165) is 37.3 Å². The minimum atomic E-state index is -0.491. The van der Waals surface area contributed by atoms with Crippen molar-refractivity contribution in [3.8, 4) is 0 Å². The lowest BCUT2D eigenvalue weighted by Crippen LogP contribution is -2.45. The average molecular weight is 425 g/mol. The molecule has 0 aromatic heterocycles. The van der Waals surface area contributed by atoms with Crippen LogP contribution in [0.4, 0.5) is 10.5 Å². The Labute approximate surface area is 184 Å². The van der Waals surface area contributed by atoms with Crippen LogP contribution in [0.5, 0.6) is 0 Å². The second kappa shape index (κ2) is 10.9. The fraction of sp³-hybridized carbons (Fsp3) is 0.417. The third-order valence-corrected chi connectivity index (χ3v) is 5.67. The molecule has 1 unspecified atom stereocenters. The number of hydrogen-bond acceptors (Lipinski definition) is 5. The molecule has 166 valence electrons. The smallest absolute Gasteiger partial charge is 0.411 e. The molecule has 7 heteroatoms. The van der Waals surface area contributed by atoms with Crippen LogP contribution in [0.15, 0.2) is 48.5 Å². The van der Waals surface area contributed by atoms with Gasteiger partial charge in [0.15, 0.2) is 0 Å². The van der Waals surface area contributed by atoms with Crippen LogP contribution in [0.25, 0.3) is 0 Å². The zero-order valence-corrected chi connectivity index (χ0v) is 18.6. The Morgan fingerprint density at radius 2 is 1.74 bits per heavy atom. The van der Waals surface area contributed by atoms with Gasteiger partial charge in [0.25, 0.3) is 5.91 Å². The summed E-state index contributed by atoms with van der Waals surface area (Å²) in [6, 6.07) is 15.8. The molecule has 2 N–H and O–H groups in total. The van der Waals surface area contributed by atoms with Crippen molar-refractivity contribution in [3.05, 3.63) is 65.2 Å². The Morgan fingerprint density at radius 3 is 2.35 bits per heavy atom. The Balaban J connectivity index is 1.92. The minimum Gasteiger partial charge on any atom is -0.453 e. The predicted octanol–water partition coefficient (Wildman–Crippen LogP) is 3.34. The van der Waals surface area contributed by atoms with Gasteiger partial charge in [-0.1, -0.05) is 24.3 Å². The quantitative estimate of drug-likeness (QED) is 0.713. The van der Waals surface area contributed by atoms with Crippen molar-refractivity contribution in [1.29, 1.82) is 0 Å². The summed E-state index contributed by atoms with van der Waals surface area (Å²) < 4.78 is 4.72. The highest BCUT2D eigenvalue weighted by Crippen LogP contribution is 2.31. The number of ether oxygens (including phenoxy) is 1. The van der Waals surface area contributed by atoms with Crippen LogP contribution in [0, 0.1) is 0 Å². The lowest BCUT2D eigenvalue weighted by atomic mass is 9.95. The van der Waals surface area contributed by atoms with E-state index >= 15 is 0 Å². The minimum absolute atomic E-state index is 0.0269. The molecule has 1 fully saturated rings. The molecule has 0 saturated carbocycles. The zero-order valence-electron chi connectivity index (χ0n) is 18.6. The molecule has 2 amide bonds. The molecule has 1 atom stereocenters. The lowest BCUT2D eigenvalue weighted by Gasteiger charge is -2.36. The van der Waals surface area contributed by atoms with E-state index in [1.54, 1.807) is 0 Å². The van der Waals surface area contributed by atoms with Gasteiger partial charge in [-0.15, -0.1) is 0 Å². The van der Waals surface area contributed by atoms with Crippen molar-refractivity contribution in [3.63, 3.8) is 0 Å². The van der Waals surface area contributed by atoms with Gasteiger partial charge in [-0.3, -0.25) is 15.0 Å². The molecule has 0 spiro atoms. The SMILES string of the molecule is CCN(CC)C(=O)c1ccc(C(c2cccc(NC(=O)OC)c2)N2CCNCC2)cc1. The van der Waals surface area contributed by atoms with Crippen LogP contribution in [-0.4, -0.2) is 68.2 Å².